The number of hydrazone groups is 1. The predicted molar refractivity (Wildman–Crippen MR) is 166 cm³/mol. The maximum Gasteiger partial charge on any atom is 0.301 e. The zero-order valence-corrected chi connectivity index (χ0v) is 25.1. The van der Waals surface area contributed by atoms with Gasteiger partial charge in [0.05, 0.1) is 32.4 Å². The van der Waals surface area contributed by atoms with Crippen LogP contribution >= 0.6 is 0 Å². The van der Waals surface area contributed by atoms with Gasteiger partial charge < -0.3 is 0 Å². The Morgan fingerprint density at radius 1 is 0.780 bits per heavy atom. The molecule has 0 saturated carbocycles. The molecular weight excluding hydrogens is 506 g/mol. The van der Waals surface area contributed by atoms with E-state index in [2.05, 4.69) is 109 Å². The number of benzene rings is 1. The summed E-state index contributed by atoms with van der Waals surface area (Å²) in [4.78, 5) is 0. The lowest BCUT2D eigenvalue weighted by molar-refractivity contribution is -0.697. The Morgan fingerprint density at radius 3 is 2.20 bits per heavy atom. The Bertz CT molecular complexity index is 1340. The van der Waals surface area contributed by atoms with Crippen molar-refractivity contribution in [3.63, 3.8) is 0 Å². The highest BCUT2D eigenvalue weighted by molar-refractivity contribution is 5.74. The smallest absolute Gasteiger partial charge is 0.268 e. The number of pyridine rings is 1. The molecule has 7 heteroatoms. The third-order valence-electron chi connectivity index (χ3n) is 7.65. The first kappa shape index (κ1) is 30.0. The fraction of sp³-hybridized carbons (Fsp3) is 0.412. The highest BCUT2D eigenvalue weighted by Crippen LogP contribution is 2.11. The van der Waals surface area contributed by atoms with Gasteiger partial charge in [-0.15, -0.1) is 0 Å². The second kappa shape index (κ2) is 16.3. The highest BCUT2D eigenvalue weighted by atomic mass is 15.4. The van der Waals surface area contributed by atoms with E-state index in [-0.39, 0.29) is 0 Å². The van der Waals surface area contributed by atoms with Crippen molar-refractivity contribution in [3.05, 3.63) is 104 Å². The first-order valence-electron chi connectivity index (χ1n) is 15.2. The summed E-state index contributed by atoms with van der Waals surface area (Å²) >= 11 is 0. The summed E-state index contributed by atoms with van der Waals surface area (Å²) < 4.78 is 11.4. The van der Waals surface area contributed by atoms with E-state index in [9.17, 15) is 0 Å². The standard InChI is InChI=1S/C34H48N7/c1-4-32-18-24-38(25-19-32)20-12-5-6-13-21-39-27-28-40(31-39)22-14-7-8-15-23-41-29-26-36(2)34(41)30-35-37(3)33-16-10-9-11-17-33/h4,9-11,16-19,24-31H,1,5-8,12-15,20-23H2,2-3H3/q+3. The molecule has 0 aliphatic heterocycles. The molecule has 3 aromatic heterocycles. The van der Waals surface area contributed by atoms with E-state index in [0.717, 1.165) is 37.7 Å². The first-order valence-corrected chi connectivity index (χ1v) is 15.2. The number of para-hydroxylation sites is 1. The molecule has 0 N–H and O–H groups in total. The Hall–Kier alpha value is -4.00. The van der Waals surface area contributed by atoms with Crippen molar-refractivity contribution in [3.8, 4) is 0 Å². The maximum atomic E-state index is 4.66. The van der Waals surface area contributed by atoms with Gasteiger partial charge in [-0.2, -0.15) is 5.10 Å². The molecule has 0 bridgehead atoms. The van der Waals surface area contributed by atoms with E-state index in [4.69, 9.17) is 0 Å². The lowest BCUT2D eigenvalue weighted by atomic mass is 10.2. The van der Waals surface area contributed by atoms with E-state index >= 15 is 0 Å². The molecular formula is C34H48N7+3. The van der Waals surface area contributed by atoms with E-state index < -0.39 is 0 Å². The van der Waals surface area contributed by atoms with Gasteiger partial charge in [-0.25, -0.2) is 22.8 Å². The Morgan fingerprint density at radius 2 is 1.46 bits per heavy atom. The normalized spacial score (nSPS) is 11.4. The average molecular weight is 555 g/mol. The SMILES string of the molecule is C=Cc1cc[n+](CCCCCCn2cc[n+](CCCCCCn3cc[n+](C)c3/C=N\N(C)c3ccccc3)c2)cc1. The van der Waals surface area contributed by atoms with Gasteiger partial charge in [0.15, 0.2) is 12.4 Å². The number of hydrogen-bond donors (Lipinski definition) is 0. The second-order valence-electron chi connectivity index (χ2n) is 10.9. The number of imidazole rings is 2. The van der Waals surface area contributed by atoms with E-state index in [0.29, 0.717) is 0 Å². The van der Waals surface area contributed by atoms with E-state index in [1.54, 1.807) is 0 Å². The van der Waals surface area contributed by atoms with Crippen LogP contribution in [0.3, 0.4) is 0 Å². The molecule has 0 radical (unpaired) electrons. The average Bonchev–Trinajstić information content (AvgIpc) is 3.61. The first-order chi connectivity index (χ1) is 20.1. The topological polar surface area (TPSA) is 37.1 Å². The number of rotatable bonds is 18. The van der Waals surface area contributed by atoms with Crippen molar-refractivity contribution in [1.82, 2.24) is 9.13 Å². The van der Waals surface area contributed by atoms with Gasteiger partial charge in [-0.1, -0.05) is 30.9 Å². The van der Waals surface area contributed by atoms with E-state index in [1.807, 2.05) is 42.5 Å². The molecule has 0 atom stereocenters. The van der Waals surface area contributed by atoms with Crippen molar-refractivity contribution in [1.29, 1.82) is 0 Å². The number of aromatic nitrogens is 5. The summed E-state index contributed by atoms with van der Waals surface area (Å²) in [5.41, 5.74) is 2.26. The van der Waals surface area contributed by atoms with Crippen molar-refractivity contribution < 1.29 is 13.7 Å². The van der Waals surface area contributed by atoms with Gasteiger partial charge in [0.1, 0.15) is 37.5 Å². The van der Waals surface area contributed by atoms with E-state index in [1.165, 1.54) is 56.9 Å². The summed E-state index contributed by atoms with van der Waals surface area (Å²) in [6.45, 7) is 8.12. The van der Waals surface area contributed by atoms with Gasteiger partial charge in [0.2, 0.25) is 6.33 Å². The Labute approximate surface area is 246 Å². The van der Waals surface area contributed by atoms with Crippen LogP contribution in [0.25, 0.3) is 6.08 Å². The molecule has 216 valence electrons. The van der Waals surface area contributed by atoms with Gasteiger partial charge in [-0.05, 0) is 62.6 Å². The Kier molecular flexibility index (Phi) is 11.9. The number of nitrogens with zero attached hydrogens (tertiary/aromatic N) is 7. The highest BCUT2D eigenvalue weighted by Gasteiger charge is 2.12. The van der Waals surface area contributed by atoms with Crippen molar-refractivity contribution in [2.24, 2.45) is 12.1 Å². The maximum absolute atomic E-state index is 4.66. The molecule has 0 aliphatic carbocycles. The lowest BCUT2D eigenvalue weighted by Gasteiger charge is -2.11. The quantitative estimate of drug-likeness (QED) is 0.0710. The van der Waals surface area contributed by atoms with Crippen LogP contribution in [0, 0.1) is 0 Å². The van der Waals surface area contributed by atoms with Crippen LogP contribution in [-0.4, -0.2) is 22.4 Å². The summed E-state index contributed by atoms with van der Waals surface area (Å²) in [5.74, 6) is 1.11. The molecule has 0 amide bonds. The minimum Gasteiger partial charge on any atom is -0.268 e. The number of unbranched alkanes of at least 4 members (excludes halogenated alkanes) is 6. The molecule has 0 fully saturated rings. The van der Waals surface area contributed by atoms with Gasteiger partial charge >= 0.3 is 5.82 Å². The van der Waals surface area contributed by atoms with Gasteiger partial charge in [0.25, 0.3) is 0 Å². The summed E-state index contributed by atoms with van der Waals surface area (Å²) in [6.07, 6.45) is 29.0. The molecule has 0 spiro atoms. The van der Waals surface area contributed by atoms with Crippen LogP contribution in [0.15, 0.2) is 97.7 Å². The third kappa shape index (κ3) is 9.85. The summed E-state index contributed by atoms with van der Waals surface area (Å²) in [7, 11) is 4.06. The van der Waals surface area contributed by atoms with Crippen LogP contribution in [0.2, 0.25) is 0 Å². The molecule has 4 aromatic rings. The zero-order chi connectivity index (χ0) is 28.7. The minimum absolute atomic E-state index is 1.01. The van der Waals surface area contributed by atoms with Crippen LogP contribution in [0.5, 0.6) is 0 Å². The van der Waals surface area contributed by atoms with Crippen molar-refractivity contribution in [2.75, 3.05) is 12.1 Å². The number of anilines is 1. The van der Waals surface area contributed by atoms with Crippen LogP contribution < -0.4 is 18.7 Å². The fourth-order valence-corrected chi connectivity index (χ4v) is 5.07. The van der Waals surface area contributed by atoms with Crippen LogP contribution in [0.1, 0.15) is 62.8 Å². The lowest BCUT2D eigenvalue weighted by Crippen LogP contribution is -2.32. The van der Waals surface area contributed by atoms with Crippen LogP contribution in [-0.2, 0) is 33.2 Å². The van der Waals surface area contributed by atoms with Crippen molar-refractivity contribution >= 4 is 18.0 Å². The summed E-state index contributed by atoms with van der Waals surface area (Å²) in [5, 5.41) is 6.57. The molecule has 7 nitrogen and oxygen atoms in total. The molecule has 3 heterocycles. The molecule has 4 rings (SSSR count). The van der Waals surface area contributed by atoms with Gasteiger partial charge in [0, 0.05) is 25.6 Å². The Balaban J connectivity index is 1.06. The molecule has 1 aromatic carbocycles. The van der Waals surface area contributed by atoms with Gasteiger partial charge in [-0.3, -0.25) is 5.01 Å². The third-order valence-corrected chi connectivity index (χ3v) is 7.65. The predicted octanol–water partition coefficient (Wildman–Crippen LogP) is 5.32. The number of aryl methyl sites for hydroxylation is 5. The molecule has 41 heavy (non-hydrogen) atoms. The second-order valence-corrected chi connectivity index (χ2v) is 10.9. The fourth-order valence-electron chi connectivity index (χ4n) is 5.07. The summed E-state index contributed by atoms with van der Waals surface area (Å²) in [6, 6.07) is 14.5. The molecule has 0 unspecified atom stereocenters. The zero-order valence-electron chi connectivity index (χ0n) is 25.1. The molecule has 0 saturated heterocycles. The minimum atomic E-state index is 1.01. The van der Waals surface area contributed by atoms with Crippen LogP contribution in [0.4, 0.5) is 5.69 Å². The largest absolute Gasteiger partial charge is 0.301 e. The molecule has 0 aliphatic rings. The monoisotopic (exact) mass is 554 g/mol. The van der Waals surface area contributed by atoms with Crippen molar-refractivity contribution in [2.45, 2.75) is 77.5 Å². The number of hydrogen-bond acceptors (Lipinski definition) is 2.